The van der Waals surface area contributed by atoms with Crippen molar-refractivity contribution in [3.8, 4) is 22.6 Å². The van der Waals surface area contributed by atoms with Gasteiger partial charge in [0.05, 0.1) is 18.3 Å². The number of benzene rings is 3. The lowest BCUT2D eigenvalue weighted by Gasteiger charge is -2.14. The van der Waals surface area contributed by atoms with E-state index in [0.717, 1.165) is 36.3 Å². The second-order valence-corrected chi connectivity index (χ2v) is 13.8. The van der Waals surface area contributed by atoms with E-state index in [2.05, 4.69) is 45.0 Å². The highest BCUT2D eigenvalue weighted by atomic mass is 16.5. The topological polar surface area (TPSA) is 44.8 Å². The average molecular weight is 671 g/mol. The van der Waals surface area contributed by atoms with Crippen molar-refractivity contribution < 1.29 is 19.0 Å². The van der Waals surface area contributed by atoms with Crippen LogP contribution in [0, 0.1) is 0 Å². The normalized spacial score (nSPS) is 11.8. The molecule has 0 amide bonds. The molecule has 3 aromatic carbocycles. The quantitative estimate of drug-likeness (QED) is 0.0438. The van der Waals surface area contributed by atoms with Crippen molar-refractivity contribution in [1.82, 2.24) is 0 Å². The molecule has 0 radical (unpaired) electrons. The summed E-state index contributed by atoms with van der Waals surface area (Å²) in [6.45, 7) is 8.15. The van der Waals surface area contributed by atoms with Crippen LogP contribution in [0.3, 0.4) is 0 Å². The van der Waals surface area contributed by atoms with E-state index in [1.807, 2.05) is 36.4 Å². The zero-order chi connectivity index (χ0) is 34.8. The summed E-state index contributed by atoms with van der Waals surface area (Å²) in [5.41, 5.74) is 3.90. The maximum Gasteiger partial charge on any atom is 0.343 e. The highest BCUT2D eigenvalue weighted by Crippen LogP contribution is 2.26. The number of ether oxygens (including phenoxy) is 3. The van der Waals surface area contributed by atoms with Crippen LogP contribution in [0.25, 0.3) is 11.1 Å². The molecule has 1 atom stereocenters. The van der Waals surface area contributed by atoms with Gasteiger partial charge in [0.1, 0.15) is 11.5 Å². The van der Waals surface area contributed by atoms with Gasteiger partial charge in [-0.1, -0.05) is 166 Å². The van der Waals surface area contributed by atoms with E-state index in [1.54, 1.807) is 12.1 Å². The lowest BCUT2D eigenvalue weighted by Crippen LogP contribution is -2.08. The molecule has 4 nitrogen and oxygen atoms in total. The van der Waals surface area contributed by atoms with Crippen LogP contribution in [0.1, 0.15) is 171 Å². The second kappa shape index (κ2) is 25.8. The Labute approximate surface area is 299 Å². The molecule has 0 bridgehead atoms. The van der Waals surface area contributed by atoms with Gasteiger partial charge in [0.15, 0.2) is 0 Å². The molecule has 0 aliphatic heterocycles. The molecular formula is C45H66O4. The number of unbranched alkanes of at least 4 members (excludes halogenated alkanes) is 18. The van der Waals surface area contributed by atoms with E-state index < -0.39 is 0 Å². The summed E-state index contributed by atoms with van der Waals surface area (Å²) < 4.78 is 17.6. The van der Waals surface area contributed by atoms with Crippen molar-refractivity contribution in [2.24, 2.45) is 0 Å². The van der Waals surface area contributed by atoms with E-state index in [9.17, 15) is 4.79 Å². The minimum absolute atomic E-state index is 0.0820. The fourth-order valence-corrected chi connectivity index (χ4v) is 6.24. The van der Waals surface area contributed by atoms with Crippen molar-refractivity contribution in [2.75, 3.05) is 13.2 Å². The van der Waals surface area contributed by atoms with Gasteiger partial charge in [-0.25, -0.2) is 4.79 Å². The molecule has 4 heteroatoms. The Bertz CT molecular complexity index is 1230. The Kier molecular flexibility index (Phi) is 21.2. The summed E-state index contributed by atoms with van der Waals surface area (Å²) in [7, 11) is 0. The van der Waals surface area contributed by atoms with Crippen molar-refractivity contribution in [2.45, 2.75) is 155 Å². The lowest BCUT2D eigenvalue weighted by molar-refractivity contribution is 0.0627. The highest BCUT2D eigenvalue weighted by molar-refractivity contribution is 5.91. The largest absolute Gasteiger partial charge is 0.494 e. The molecule has 3 rings (SSSR count). The molecule has 0 fully saturated rings. The second-order valence-electron chi connectivity index (χ2n) is 13.8. The predicted molar refractivity (Wildman–Crippen MR) is 207 cm³/mol. The van der Waals surface area contributed by atoms with Crippen molar-refractivity contribution in [1.29, 1.82) is 0 Å². The Hall–Kier alpha value is -3.11. The lowest BCUT2D eigenvalue weighted by atomic mass is 10.0. The standard InChI is InChI=1S/C45H66O4/c1-4-6-8-10-11-12-13-14-15-16-17-18-19-20-21-23-36-47-38(3)39-24-26-40(27-25-39)41-28-34-44(35-29-41)49-45(46)42-30-32-43(33-31-42)48-37-22-9-7-5-2/h24-35,38H,4-23,36-37H2,1-3H3. The molecule has 0 spiro atoms. The average Bonchev–Trinajstić information content (AvgIpc) is 3.13. The van der Waals surface area contributed by atoms with Crippen LogP contribution >= 0.6 is 0 Å². The molecule has 0 N–H and O–H groups in total. The zero-order valence-electron chi connectivity index (χ0n) is 31.2. The first kappa shape index (κ1) is 40.3. The summed E-state index contributed by atoms with van der Waals surface area (Å²) in [6.07, 6.45) is 26.9. The first-order chi connectivity index (χ1) is 24.1. The van der Waals surface area contributed by atoms with Gasteiger partial charge in [0, 0.05) is 6.61 Å². The van der Waals surface area contributed by atoms with Gasteiger partial charge >= 0.3 is 5.97 Å². The Morgan fingerprint density at radius 2 is 0.898 bits per heavy atom. The third-order valence-corrected chi connectivity index (χ3v) is 9.50. The van der Waals surface area contributed by atoms with E-state index in [0.29, 0.717) is 17.9 Å². The maximum absolute atomic E-state index is 12.7. The van der Waals surface area contributed by atoms with Gasteiger partial charge in [-0.05, 0) is 72.9 Å². The molecule has 270 valence electrons. The van der Waals surface area contributed by atoms with E-state index >= 15 is 0 Å². The van der Waals surface area contributed by atoms with E-state index in [1.165, 1.54) is 121 Å². The summed E-state index contributed by atoms with van der Waals surface area (Å²) in [5, 5.41) is 0. The molecule has 0 saturated carbocycles. The molecule has 3 aromatic rings. The third-order valence-electron chi connectivity index (χ3n) is 9.50. The third kappa shape index (κ3) is 17.4. The first-order valence-electron chi connectivity index (χ1n) is 19.9. The van der Waals surface area contributed by atoms with Gasteiger partial charge < -0.3 is 14.2 Å². The molecule has 0 aliphatic rings. The van der Waals surface area contributed by atoms with Crippen molar-refractivity contribution >= 4 is 5.97 Å². The minimum atomic E-state index is -0.375. The summed E-state index contributed by atoms with van der Waals surface area (Å²) in [5.74, 6) is 0.928. The summed E-state index contributed by atoms with van der Waals surface area (Å²) in [4.78, 5) is 12.7. The van der Waals surface area contributed by atoms with Crippen LogP contribution in [-0.2, 0) is 4.74 Å². The Balaban J connectivity index is 1.24. The maximum atomic E-state index is 12.7. The summed E-state index contributed by atoms with van der Waals surface area (Å²) >= 11 is 0. The highest BCUT2D eigenvalue weighted by Gasteiger charge is 2.10. The zero-order valence-corrected chi connectivity index (χ0v) is 31.2. The molecule has 0 aliphatic carbocycles. The predicted octanol–water partition coefficient (Wildman–Crippen LogP) is 13.9. The van der Waals surface area contributed by atoms with Crippen LogP contribution < -0.4 is 9.47 Å². The summed E-state index contributed by atoms with van der Waals surface area (Å²) in [6, 6.07) is 23.4. The number of esters is 1. The molecule has 49 heavy (non-hydrogen) atoms. The van der Waals surface area contributed by atoms with E-state index in [-0.39, 0.29) is 12.1 Å². The first-order valence-corrected chi connectivity index (χ1v) is 19.9. The van der Waals surface area contributed by atoms with Gasteiger partial charge in [-0.3, -0.25) is 0 Å². The van der Waals surface area contributed by atoms with Crippen molar-refractivity contribution in [3.05, 3.63) is 83.9 Å². The number of carbonyl (C=O) groups excluding carboxylic acids is 1. The fourth-order valence-electron chi connectivity index (χ4n) is 6.24. The monoisotopic (exact) mass is 670 g/mol. The van der Waals surface area contributed by atoms with Gasteiger partial charge in [-0.2, -0.15) is 0 Å². The molecule has 1 unspecified atom stereocenters. The van der Waals surface area contributed by atoms with E-state index in [4.69, 9.17) is 14.2 Å². The fraction of sp³-hybridized carbons (Fsp3) is 0.578. The number of hydrogen-bond donors (Lipinski definition) is 0. The molecule has 0 heterocycles. The number of carbonyl (C=O) groups is 1. The Morgan fingerprint density at radius 3 is 1.41 bits per heavy atom. The Morgan fingerprint density at radius 1 is 0.490 bits per heavy atom. The SMILES string of the molecule is CCCCCCCCCCCCCCCCCCOC(C)c1ccc(-c2ccc(OC(=O)c3ccc(OCCCCCC)cc3)cc2)cc1. The van der Waals surface area contributed by atoms with Crippen LogP contribution in [-0.4, -0.2) is 19.2 Å². The van der Waals surface area contributed by atoms with Crippen LogP contribution in [0.2, 0.25) is 0 Å². The number of hydrogen-bond acceptors (Lipinski definition) is 4. The number of rotatable bonds is 28. The van der Waals surface area contributed by atoms with Gasteiger partial charge in [-0.15, -0.1) is 0 Å². The smallest absolute Gasteiger partial charge is 0.343 e. The van der Waals surface area contributed by atoms with Gasteiger partial charge in [0.2, 0.25) is 0 Å². The molecule has 0 aromatic heterocycles. The van der Waals surface area contributed by atoms with Crippen LogP contribution in [0.15, 0.2) is 72.8 Å². The van der Waals surface area contributed by atoms with Crippen molar-refractivity contribution in [3.63, 3.8) is 0 Å². The molecule has 0 saturated heterocycles. The molecular weight excluding hydrogens is 604 g/mol. The van der Waals surface area contributed by atoms with Gasteiger partial charge in [0.25, 0.3) is 0 Å². The minimum Gasteiger partial charge on any atom is -0.494 e. The van der Waals surface area contributed by atoms with Crippen LogP contribution in [0.5, 0.6) is 11.5 Å². The van der Waals surface area contributed by atoms with Crippen LogP contribution in [0.4, 0.5) is 0 Å².